The van der Waals surface area contributed by atoms with E-state index >= 15 is 0 Å². The lowest BCUT2D eigenvalue weighted by molar-refractivity contribution is -0.141. The first kappa shape index (κ1) is 10.9. The Kier molecular flexibility index (Phi) is 2.78. The zero-order chi connectivity index (χ0) is 11.7. The Morgan fingerprint density at radius 2 is 2.25 bits per heavy atom. The number of carboxylic acid groups (broad SMARTS) is 1. The van der Waals surface area contributed by atoms with E-state index in [1.165, 1.54) is 12.1 Å². The molecule has 1 aromatic carbocycles. The zero-order valence-electron chi connectivity index (χ0n) is 8.48. The highest BCUT2D eigenvalue weighted by molar-refractivity contribution is 5.70. The molecule has 16 heavy (non-hydrogen) atoms. The van der Waals surface area contributed by atoms with E-state index in [1.807, 2.05) is 0 Å². The van der Waals surface area contributed by atoms with Crippen molar-refractivity contribution in [2.45, 2.75) is 12.5 Å². The first-order valence-corrected chi connectivity index (χ1v) is 5.02. The fourth-order valence-corrected chi connectivity index (χ4v) is 1.96. The molecule has 1 aromatic rings. The molecule has 2 unspecified atom stereocenters. The van der Waals surface area contributed by atoms with Crippen molar-refractivity contribution in [2.75, 3.05) is 6.54 Å². The number of hydrogen-bond donors (Lipinski definition) is 3. The molecule has 0 bridgehead atoms. The van der Waals surface area contributed by atoms with Gasteiger partial charge in [0.05, 0.1) is 5.92 Å². The van der Waals surface area contributed by atoms with Gasteiger partial charge >= 0.3 is 5.97 Å². The maximum Gasteiger partial charge on any atom is 0.307 e. The Hall–Kier alpha value is -1.62. The molecule has 1 heterocycles. The van der Waals surface area contributed by atoms with Crippen LogP contribution in [0.5, 0.6) is 5.75 Å². The molecule has 0 saturated carbocycles. The van der Waals surface area contributed by atoms with Gasteiger partial charge in [-0.3, -0.25) is 4.79 Å². The van der Waals surface area contributed by atoms with Gasteiger partial charge in [-0.15, -0.1) is 0 Å². The van der Waals surface area contributed by atoms with Gasteiger partial charge in [-0.05, 0) is 12.5 Å². The quantitative estimate of drug-likeness (QED) is 0.708. The van der Waals surface area contributed by atoms with Gasteiger partial charge in [-0.2, -0.15) is 0 Å². The lowest BCUT2D eigenvalue weighted by Crippen LogP contribution is -2.17. The summed E-state index contributed by atoms with van der Waals surface area (Å²) in [5.74, 6) is -1.98. The summed E-state index contributed by atoms with van der Waals surface area (Å²) in [7, 11) is 0. The topological polar surface area (TPSA) is 69.6 Å². The number of halogens is 1. The molecule has 2 rings (SSSR count). The first-order chi connectivity index (χ1) is 7.58. The standard InChI is InChI=1S/C11H12FNO3/c12-9-4-7(14)1-2-8(9)10-3-6(5-13-10)11(15)16/h1-2,4,6,10,13-14H,3,5H2,(H,15,16). The molecule has 4 nitrogen and oxygen atoms in total. The third kappa shape index (κ3) is 1.99. The number of aromatic hydroxyl groups is 1. The van der Waals surface area contributed by atoms with Crippen LogP contribution in [-0.4, -0.2) is 22.7 Å². The average molecular weight is 225 g/mol. The van der Waals surface area contributed by atoms with E-state index < -0.39 is 17.7 Å². The van der Waals surface area contributed by atoms with Gasteiger partial charge in [0.15, 0.2) is 0 Å². The summed E-state index contributed by atoms with van der Waals surface area (Å²) in [5.41, 5.74) is 0.404. The fourth-order valence-electron chi connectivity index (χ4n) is 1.96. The van der Waals surface area contributed by atoms with Crippen LogP contribution in [-0.2, 0) is 4.79 Å². The highest BCUT2D eigenvalue weighted by atomic mass is 19.1. The lowest BCUT2D eigenvalue weighted by atomic mass is 10.00. The van der Waals surface area contributed by atoms with Gasteiger partial charge in [0.2, 0.25) is 0 Å². The Morgan fingerprint density at radius 3 is 2.81 bits per heavy atom. The largest absolute Gasteiger partial charge is 0.508 e. The number of phenolic OH excluding ortho intramolecular Hbond substituents is 1. The highest BCUT2D eigenvalue weighted by Gasteiger charge is 2.31. The van der Waals surface area contributed by atoms with Crippen LogP contribution in [0, 0.1) is 11.7 Å². The lowest BCUT2D eigenvalue weighted by Gasteiger charge is -2.11. The highest BCUT2D eigenvalue weighted by Crippen LogP contribution is 2.30. The van der Waals surface area contributed by atoms with Gasteiger partial charge in [0.1, 0.15) is 11.6 Å². The summed E-state index contributed by atoms with van der Waals surface area (Å²) in [5, 5.41) is 20.8. The predicted octanol–water partition coefficient (Wildman–Crippen LogP) is 1.27. The van der Waals surface area contributed by atoms with Crippen LogP contribution in [0.4, 0.5) is 4.39 Å². The number of carboxylic acids is 1. The Labute approximate surface area is 91.7 Å². The molecule has 0 aromatic heterocycles. The molecule has 0 amide bonds. The van der Waals surface area contributed by atoms with Gasteiger partial charge < -0.3 is 15.5 Å². The van der Waals surface area contributed by atoms with Crippen LogP contribution in [0.2, 0.25) is 0 Å². The van der Waals surface area contributed by atoms with E-state index in [0.29, 0.717) is 18.5 Å². The van der Waals surface area contributed by atoms with Crippen molar-refractivity contribution in [1.29, 1.82) is 0 Å². The van der Waals surface area contributed by atoms with Crippen LogP contribution >= 0.6 is 0 Å². The van der Waals surface area contributed by atoms with Crippen molar-refractivity contribution in [2.24, 2.45) is 5.92 Å². The number of aliphatic carboxylic acids is 1. The Bertz CT molecular complexity index is 422. The van der Waals surface area contributed by atoms with Crippen molar-refractivity contribution in [1.82, 2.24) is 5.32 Å². The third-order valence-electron chi connectivity index (χ3n) is 2.84. The predicted molar refractivity (Wildman–Crippen MR) is 54.6 cm³/mol. The van der Waals surface area contributed by atoms with Gasteiger partial charge in [0.25, 0.3) is 0 Å². The molecule has 2 atom stereocenters. The molecule has 1 aliphatic rings. The molecule has 1 saturated heterocycles. The molecule has 5 heteroatoms. The van der Waals surface area contributed by atoms with Crippen LogP contribution in [0.3, 0.4) is 0 Å². The van der Waals surface area contributed by atoms with Crippen LogP contribution in [0.15, 0.2) is 18.2 Å². The second-order valence-electron chi connectivity index (χ2n) is 3.94. The van der Waals surface area contributed by atoms with Crippen molar-refractivity contribution >= 4 is 5.97 Å². The minimum atomic E-state index is -0.866. The molecule has 86 valence electrons. The molecular formula is C11H12FNO3. The second-order valence-corrected chi connectivity index (χ2v) is 3.94. The smallest absolute Gasteiger partial charge is 0.307 e. The summed E-state index contributed by atoms with van der Waals surface area (Å²) >= 11 is 0. The number of carbonyl (C=O) groups is 1. The molecule has 3 N–H and O–H groups in total. The molecule has 1 aliphatic heterocycles. The monoisotopic (exact) mass is 225 g/mol. The number of rotatable bonds is 2. The van der Waals surface area contributed by atoms with Crippen molar-refractivity contribution in [3.05, 3.63) is 29.6 Å². The number of benzene rings is 1. The van der Waals surface area contributed by atoms with Crippen molar-refractivity contribution in [3.8, 4) is 5.75 Å². The van der Waals surface area contributed by atoms with Crippen molar-refractivity contribution in [3.63, 3.8) is 0 Å². The summed E-state index contributed by atoms with van der Waals surface area (Å²) in [6.45, 7) is 0.348. The van der Waals surface area contributed by atoms with E-state index in [0.717, 1.165) is 6.07 Å². The van der Waals surface area contributed by atoms with E-state index in [9.17, 15) is 9.18 Å². The van der Waals surface area contributed by atoms with Gasteiger partial charge in [0, 0.05) is 24.2 Å². The maximum atomic E-state index is 13.5. The van der Waals surface area contributed by atoms with Gasteiger partial charge in [-0.25, -0.2) is 4.39 Å². The van der Waals surface area contributed by atoms with E-state index in [2.05, 4.69) is 5.32 Å². The van der Waals surface area contributed by atoms with E-state index in [-0.39, 0.29) is 11.8 Å². The number of nitrogens with one attached hydrogen (secondary N) is 1. The zero-order valence-corrected chi connectivity index (χ0v) is 8.48. The Morgan fingerprint density at radius 1 is 1.50 bits per heavy atom. The third-order valence-corrected chi connectivity index (χ3v) is 2.84. The summed E-state index contributed by atoms with van der Waals surface area (Å²) in [6.07, 6.45) is 0.372. The molecule has 0 aliphatic carbocycles. The normalized spacial score (nSPS) is 24.6. The molecule has 1 fully saturated rings. The van der Waals surface area contributed by atoms with Crippen LogP contribution in [0.25, 0.3) is 0 Å². The fraction of sp³-hybridized carbons (Fsp3) is 0.364. The van der Waals surface area contributed by atoms with Crippen LogP contribution in [0.1, 0.15) is 18.0 Å². The Balaban J connectivity index is 2.17. The molecule has 0 radical (unpaired) electrons. The molecule has 0 spiro atoms. The van der Waals surface area contributed by atoms with E-state index in [4.69, 9.17) is 10.2 Å². The summed E-state index contributed by atoms with van der Waals surface area (Å²) in [6, 6.07) is 3.62. The summed E-state index contributed by atoms with van der Waals surface area (Å²) in [4.78, 5) is 10.7. The van der Waals surface area contributed by atoms with Crippen molar-refractivity contribution < 1.29 is 19.4 Å². The van der Waals surface area contributed by atoms with E-state index in [1.54, 1.807) is 0 Å². The number of phenols is 1. The van der Waals surface area contributed by atoms with Crippen LogP contribution < -0.4 is 5.32 Å². The SMILES string of the molecule is O=C(O)C1CNC(c2ccc(O)cc2F)C1. The molecular weight excluding hydrogens is 213 g/mol. The average Bonchev–Trinajstić information content (AvgIpc) is 2.66. The second kappa shape index (κ2) is 4.09. The number of hydrogen-bond acceptors (Lipinski definition) is 3. The minimum Gasteiger partial charge on any atom is -0.508 e. The van der Waals surface area contributed by atoms with Gasteiger partial charge in [-0.1, -0.05) is 6.07 Å². The first-order valence-electron chi connectivity index (χ1n) is 5.02. The minimum absolute atomic E-state index is 0.131. The maximum absolute atomic E-state index is 13.5. The summed E-state index contributed by atoms with van der Waals surface area (Å²) < 4.78 is 13.5.